The van der Waals surface area contributed by atoms with Crippen LogP contribution in [0.2, 0.25) is 0 Å². The van der Waals surface area contributed by atoms with Gasteiger partial charge in [-0.3, -0.25) is 9.59 Å². The highest BCUT2D eigenvalue weighted by atomic mass is 35.6. The second kappa shape index (κ2) is 8.53. The number of carbonyl (C=O) groups is 3. The summed E-state index contributed by atoms with van der Waals surface area (Å²) in [7, 11) is 0. The highest BCUT2D eigenvalue weighted by Crippen LogP contribution is 2.40. The Morgan fingerprint density at radius 2 is 1.96 bits per heavy atom. The molecule has 1 aromatic rings. The van der Waals surface area contributed by atoms with E-state index in [2.05, 4.69) is 11.9 Å². The van der Waals surface area contributed by atoms with Gasteiger partial charge < -0.3 is 15.0 Å². The minimum Gasteiger partial charge on any atom is -0.459 e. The molecule has 10 heteroatoms. The van der Waals surface area contributed by atoms with Crippen LogP contribution < -0.4 is 5.32 Å². The van der Waals surface area contributed by atoms with Crippen LogP contribution in [0.5, 0.6) is 0 Å². The van der Waals surface area contributed by atoms with Gasteiger partial charge in [-0.25, -0.2) is 4.79 Å². The zero-order chi connectivity index (χ0) is 20.5. The number of amides is 2. The molecule has 0 aliphatic carbocycles. The van der Waals surface area contributed by atoms with E-state index in [4.69, 9.17) is 39.5 Å². The number of fused-ring (bicyclic) bond motifs is 1. The number of β-lactam (4-membered cyclic amide) rings is 1. The average molecular weight is 464 g/mol. The van der Waals surface area contributed by atoms with Crippen LogP contribution in [0, 0.1) is 0 Å². The van der Waals surface area contributed by atoms with Crippen molar-refractivity contribution < 1.29 is 19.1 Å². The standard InChI is InChI=1S/C18H17Cl3N2O4S/c1-10-8-28-16-13(22-12(24)7-11-5-3-2-4-6-11)15(25)23(16)14(10)17(26)27-9-18(19,20)21/h2-6,13-14,16H,1,7-9H2,(H,22,24)/t13-,14?,16-/m1/s1. The topological polar surface area (TPSA) is 75.7 Å². The van der Waals surface area contributed by atoms with Crippen molar-refractivity contribution in [1.29, 1.82) is 0 Å². The maximum atomic E-state index is 12.6. The molecular weight excluding hydrogens is 447 g/mol. The number of thioether (sulfide) groups is 1. The summed E-state index contributed by atoms with van der Waals surface area (Å²) in [5.41, 5.74) is 1.37. The molecule has 0 bridgehead atoms. The Morgan fingerprint density at radius 1 is 1.29 bits per heavy atom. The summed E-state index contributed by atoms with van der Waals surface area (Å²) in [6.07, 6.45) is 0.170. The Labute approximate surface area is 181 Å². The first-order chi connectivity index (χ1) is 13.2. The molecule has 2 aliphatic rings. The molecular formula is C18H17Cl3N2O4S. The van der Waals surface area contributed by atoms with Crippen LogP contribution in [-0.4, -0.2) is 56.3 Å². The summed E-state index contributed by atoms with van der Waals surface area (Å²) in [5.74, 6) is -0.878. The van der Waals surface area contributed by atoms with Gasteiger partial charge in [0.05, 0.1) is 6.42 Å². The third kappa shape index (κ3) is 4.76. The minimum atomic E-state index is -1.74. The fourth-order valence-electron chi connectivity index (χ4n) is 3.06. The fourth-order valence-corrected chi connectivity index (χ4v) is 4.53. The van der Waals surface area contributed by atoms with Gasteiger partial charge in [-0.1, -0.05) is 71.7 Å². The minimum absolute atomic E-state index is 0.170. The molecule has 0 aromatic heterocycles. The smallest absolute Gasteiger partial charge is 0.333 e. The number of benzene rings is 1. The van der Waals surface area contributed by atoms with Crippen molar-refractivity contribution in [2.75, 3.05) is 12.4 Å². The monoisotopic (exact) mass is 462 g/mol. The van der Waals surface area contributed by atoms with Crippen LogP contribution in [0.3, 0.4) is 0 Å². The highest BCUT2D eigenvalue weighted by Gasteiger charge is 2.56. The number of hydrogen-bond donors (Lipinski definition) is 1. The highest BCUT2D eigenvalue weighted by molar-refractivity contribution is 8.00. The van der Waals surface area contributed by atoms with E-state index >= 15 is 0 Å². The van der Waals surface area contributed by atoms with E-state index in [1.54, 1.807) is 0 Å². The third-order valence-corrected chi connectivity index (χ3v) is 6.02. The second-order valence-corrected chi connectivity index (χ2v) is 10.1. The van der Waals surface area contributed by atoms with Gasteiger partial charge in [-0.2, -0.15) is 0 Å². The largest absolute Gasteiger partial charge is 0.459 e. The lowest BCUT2D eigenvalue weighted by Gasteiger charge is -2.52. The lowest BCUT2D eigenvalue weighted by Crippen LogP contribution is -2.74. The molecule has 28 heavy (non-hydrogen) atoms. The Bertz CT molecular complexity index is 800. The van der Waals surface area contributed by atoms with Gasteiger partial charge in [0.25, 0.3) is 0 Å². The molecule has 3 rings (SSSR count). The number of rotatable bonds is 5. The van der Waals surface area contributed by atoms with Gasteiger partial charge in [-0.15, -0.1) is 11.8 Å². The molecule has 2 aliphatic heterocycles. The molecule has 1 aromatic carbocycles. The summed E-state index contributed by atoms with van der Waals surface area (Å²) < 4.78 is 3.28. The summed E-state index contributed by atoms with van der Waals surface area (Å²) in [4.78, 5) is 38.7. The Balaban J connectivity index is 1.62. The van der Waals surface area contributed by atoms with Gasteiger partial charge >= 0.3 is 5.97 Å². The summed E-state index contributed by atoms with van der Waals surface area (Å²) >= 11 is 18.2. The number of esters is 1. The Hall–Kier alpha value is -1.41. The van der Waals surface area contributed by atoms with Crippen LogP contribution in [0.15, 0.2) is 42.5 Å². The van der Waals surface area contributed by atoms with Crippen LogP contribution in [0.4, 0.5) is 0 Å². The molecule has 2 amide bonds. The van der Waals surface area contributed by atoms with E-state index in [1.165, 1.54) is 16.7 Å². The van der Waals surface area contributed by atoms with Gasteiger partial charge in [0.1, 0.15) is 18.0 Å². The molecule has 2 fully saturated rings. The predicted molar refractivity (Wildman–Crippen MR) is 109 cm³/mol. The molecule has 3 atom stereocenters. The van der Waals surface area contributed by atoms with Crippen LogP contribution >= 0.6 is 46.6 Å². The van der Waals surface area contributed by atoms with E-state index in [0.717, 1.165) is 5.56 Å². The van der Waals surface area contributed by atoms with Crippen molar-refractivity contribution in [2.45, 2.75) is 27.7 Å². The lowest BCUT2D eigenvalue weighted by atomic mass is 9.98. The molecule has 0 spiro atoms. The van der Waals surface area contributed by atoms with E-state index in [1.807, 2.05) is 30.3 Å². The maximum Gasteiger partial charge on any atom is 0.333 e. The SMILES string of the molecule is C=C1CS[C@@H]2[C@H](NC(=O)Cc3ccccc3)C(=O)N2C1C(=O)OCC(Cl)(Cl)Cl. The normalized spacial score (nSPS) is 24.2. The maximum absolute atomic E-state index is 12.6. The Morgan fingerprint density at radius 3 is 2.61 bits per heavy atom. The number of hydrogen-bond acceptors (Lipinski definition) is 5. The Kier molecular flexibility index (Phi) is 6.49. The second-order valence-electron chi connectivity index (χ2n) is 6.44. The number of nitrogens with zero attached hydrogens (tertiary/aromatic N) is 1. The van der Waals surface area contributed by atoms with E-state index in [9.17, 15) is 14.4 Å². The van der Waals surface area contributed by atoms with Crippen molar-refractivity contribution in [2.24, 2.45) is 0 Å². The van der Waals surface area contributed by atoms with Gasteiger partial charge in [-0.05, 0) is 11.1 Å². The average Bonchev–Trinajstić information content (AvgIpc) is 2.64. The third-order valence-electron chi connectivity index (χ3n) is 4.31. The van der Waals surface area contributed by atoms with E-state index < -0.39 is 28.5 Å². The zero-order valence-corrected chi connectivity index (χ0v) is 17.7. The molecule has 6 nitrogen and oxygen atoms in total. The van der Waals surface area contributed by atoms with Crippen molar-refractivity contribution >= 4 is 64.3 Å². The molecule has 1 N–H and O–H groups in total. The number of nitrogens with one attached hydrogen (secondary N) is 1. The number of carbonyl (C=O) groups excluding carboxylic acids is 3. The summed E-state index contributed by atoms with van der Waals surface area (Å²) in [5, 5.41) is 2.38. The number of ether oxygens (including phenoxy) is 1. The van der Waals surface area contributed by atoms with Gasteiger partial charge in [0, 0.05) is 5.75 Å². The quantitative estimate of drug-likeness (QED) is 0.314. The number of halogens is 3. The molecule has 0 radical (unpaired) electrons. The van der Waals surface area contributed by atoms with Crippen molar-refractivity contribution in [1.82, 2.24) is 10.2 Å². The van der Waals surface area contributed by atoms with Gasteiger partial charge in [0.15, 0.2) is 6.04 Å². The molecule has 2 saturated heterocycles. The van der Waals surface area contributed by atoms with Crippen LogP contribution in [-0.2, 0) is 25.5 Å². The van der Waals surface area contributed by atoms with Gasteiger partial charge in [0.2, 0.25) is 15.6 Å². The zero-order valence-electron chi connectivity index (χ0n) is 14.6. The van der Waals surface area contributed by atoms with Crippen molar-refractivity contribution in [3.8, 4) is 0 Å². The predicted octanol–water partition coefficient (Wildman–Crippen LogP) is 2.47. The van der Waals surface area contributed by atoms with Crippen molar-refractivity contribution in [3.63, 3.8) is 0 Å². The first kappa shape index (κ1) is 21.3. The summed E-state index contributed by atoms with van der Waals surface area (Å²) in [6, 6.07) is 7.58. The van der Waals surface area contributed by atoms with Crippen LogP contribution in [0.1, 0.15) is 5.56 Å². The molecule has 150 valence electrons. The van der Waals surface area contributed by atoms with Crippen molar-refractivity contribution in [3.05, 3.63) is 48.0 Å². The molecule has 1 unspecified atom stereocenters. The lowest BCUT2D eigenvalue weighted by molar-refractivity contribution is -0.163. The van der Waals surface area contributed by atoms with E-state index in [0.29, 0.717) is 11.3 Å². The molecule has 0 saturated carbocycles. The number of alkyl halides is 3. The summed E-state index contributed by atoms with van der Waals surface area (Å²) in [6.45, 7) is 3.42. The molecule has 2 heterocycles. The fraction of sp³-hybridized carbons (Fsp3) is 0.389. The first-order valence-electron chi connectivity index (χ1n) is 8.35. The van der Waals surface area contributed by atoms with Crippen LogP contribution in [0.25, 0.3) is 0 Å². The van der Waals surface area contributed by atoms with E-state index in [-0.39, 0.29) is 23.6 Å². The first-order valence-corrected chi connectivity index (χ1v) is 10.5.